The number of likely N-dealkylation sites (tertiary alicyclic amines) is 1. The molecule has 1 aliphatic heterocycles. The summed E-state index contributed by atoms with van der Waals surface area (Å²) < 4.78 is 42.8. The summed E-state index contributed by atoms with van der Waals surface area (Å²) in [5.41, 5.74) is 0.307. The summed E-state index contributed by atoms with van der Waals surface area (Å²) in [6.45, 7) is 1.08. The number of methoxy groups -OCH3 is 1. The topological polar surface area (TPSA) is 54.5 Å². The van der Waals surface area contributed by atoms with Gasteiger partial charge in [0.25, 0.3) is 0 Å². The van der Waals surface area contributed by atoms with Crippen LogP contribution in [0.5, 0.6) is 5.75 Å². The second-order valence-corrected chi connectivity index (χ2v) is 6.41. The van der Waals surface area contributed by atoms with Crippen molar-refractivity contribution in [2.24, 2.45) is 0 Å². The largest absolute Gasteiger partial charge is 0.497 e. The van der Waals surface area contributed by atoms with Gasteiger partial charge in [-0.05, 0) is 36.2 Å². The Labute approximate surface area is 155 Å². The van der Waals surface area contributed by atoms with Gasteiger partial charge in [0.2, 0.25) is 5.91 Å². The maximum atomic E-state index is 12.6. The van der Waals surface area contributed by atoms with E-state index in [4.69, 9.17) is 4.74 Å². The van der Waals surface area contributed by atoms with Crippen LogP contribution in [-0.4, -0.2) is 42.0 Å². The molecule has 3 rings (SSSR count). The van der Waals surface area contributed by atoms with Crippen LogP contribution in [0.3, 0.4) is 0 Å². The molecule has 1 amide bonds. The summed E-state index contributed by atoms with van der Waals surface area (Å²) in [6, 6.07) is 9.77. The number of rotatable bonds is 6. The van der Waals surface area contributed by atoms with Crippen molar-refractivity contribution in [1.29, 1.82) is 0 Å². The molecule has 1 unspecified atom stereocenters. The fourth-order valence-corrected chi connectivity index (χ4v) is 3.00. The first-order valence-corrected chi connectivity index (χ1v) is 8.55. The molecule has 0 saturated carbocycles. The lowest BCUT2D eigenvalue weighted by Gasteiger charge is -2.17. The number of alkyl halides is 3. The van der Waals surface area contributed by atoms with Crippen LogP contribution in [0.15, 0.2) is 42.6 Å². The third-order valence-electron chi connectivity index (χ3n) is 4.49. The number of nitrogens with zero attached hydrogens (tertiary/aromatic N) is 2. The molecule has 0 aliphatic carbocycles. The Hall–Kier alpha value is -2.77. The van der Waals surface area contributed by atoms with E-state index in [1.807, 2.05) is 24.3 Å². The predicted molar refractivity (Wildman–Crippen MR) is 94.5 cm³/mol. The molecule has 5 nitrogen and oxygen atoms in total. The standard InChI is InChI=1S/C19H20F3N3O2/c1-27-16-5-2-13(3-6-16)8-9-25-12-15(10-18(25)26)24-17-7-4-14(11-23-17)19(20,21)22/h2-7,11,15H,8-10,12H2,1H3,(H,23,24). The zero-order chi connectivity index (χ0) is 19.4. The van der Waals surface area contributed by atoms with Gasteiger partial charge in [-0.2, -0.15) is 13.2 Å². The first-order valence-electron chi connectivity index (χ1n) is 8.55. The second kappa shape index (κ2) is 7.85. The summed E-state index contributed by atoms with van der Waals surface area (Å²) in [6.07, 6.45) is -2.60. The quantitative estimate of drug-likeness (QED) is 0.836. The molecule has 1 aromatic carbocycles. The third kappa shape index (κ3) is 4.90. The molecule has 144 valence electrons. The average Bonchev–Trinajstić information content (AvgIpc) is 2.99. The van der Waals surface area contributed by atoms with E-state index in [0.717, 1.165) is 30.0 Å². The zero-order valence-electron chi connectivity index (χ0n) is 14.8. The van der Waals surface area contributed by atoms with Crippen LogP contribution in [0.1, 0.15) is 17.5 Å². The van der Waals surface area contributed by atoms with Crippen LogP contribution in [0, 0.1) is 0 Å². The Morgan fingerprint density at radius 3 is 2.56 bits per heavy atom. The molecule has 1 saturated heterocycles. The van der Waals surface area contributed by atoms with E-state index in [2.05, 4.69) is 10.3 Å². The highest BCUT2D eigenvalue weighted by Gasteiger charge is 2.32. The van der Waals surface area contributed by atoms with Crippen LogP contribution >= 0.6 is 0 Å². The van der Waals surface area contributed by atoms with Gasteiger partial charge in [-0.3, -0.25) is 4.79 Å². The van der Waals surface area contributed by atoms with E-state index in [1.54, 1.807) is 12.0 Å². The second-order valence-electron chi connectivity index (χ2n) is 6.41. The number of carbonyl (C=O) groups is 1. The van der Waals surface area contributed by atoms with Gasteiger partial charge in [-0.1, -0.05) is 12.1 Å². The molecular weight excluding hydrogens is 359 g/mol. The minimum absolute atomic E-state index is 0.0212. The number of aromatic nitrogens is 1. The van der Waals surface area contributed by atoms with Gasteiger partial charge in [-0.15, -0.1) is 0 Å². The van der Waals surface area contributed by atoms with Crippen LogP contribution in [-0.2, 0) is 17.4 Å². The van der Waals surface area contributed by atoms with Gasteiger partial charge in [0, 0.05) is 25.7 Å². The minimum atomic E-state index is -4.41. The molecule has 27 heavy (non-hydrogen) atoms. The molecule has 1 atom stereocenters. The maximum absolute atomic E-state index is 12.6. The van der Waals surface area contributed by atoms with Crippen molar-refractivity contribution in [3.8, 4) is 5.75 Å². The number of carbonyl (C=O) groups excluding carboxylic acids is 1. The van der Waals surface area contributed by atoms with E-state index in [9.17, 15) is 18.0 Å². The number of pyridine rings is 1. The lowest BCUT2D eigenvalue weighted by Crippen LogP contribution is -2.30. The van der Waals surface area contributed by atoms with E-state index >= 15 is 0 Å². The third-order valence-corrected chi connectivity index (χ3v) is 4.49. The summed E-state index contributed by atoms with van der Waals surface area (Å²) in [7, 11) is 1.61. The van der Waals surface area contributed by atoms with Gasteiger partial charge >= 0.3 is 6.18 Å². The van der Waals surface area contributed by atoms with Crippen molar-refractivity contribution in [3.63, 3.8) is 0 Å². The molecule has 8 heteroatoms. The fraction of sp³-hybridized carbons (Fsp3) is 0.368. The van der Waals surface area contributed by atoms with Gasteiger partial charge < -0.3 is 15.0 Å². The zero-order valence-corrected chi connectivity index (χ0v) is 14.8. The van der Waals surface area contributed by atoms with Crippen molar-refractivity contribution >= 4 is 11.7 Å². The smallest absolute Gasteiger partial charge is 0.417 e. The lowest BCUT2D eigenvalue weighted by molar-refractivity contribution is -0.137. The van der Waals surface area contributed by atoms with Crippen LogP contribution in [0.4, 0.5) is 19.0 Å². The van der Waals surface area contributed by atoms with Crippen molar-refractivity contribution in [2.75, 3.05) is 25.5 Å². The van der Waals surface area contributed by atoms with E-state index < -0.39 is 11.7 Å². The number of halogens is 3. The fourth-order valence-electron chi connectivity index (χ4n) is 3.00. The minimum Gasteiger partial charge on any atom is -0.497 e. The summed E-state index contributed by atoms with van der Waals surface area (Å²) >= 11 is 0. The van der Waals surface area contributed by atoms with Gasteiger partial charge in [0.05, 0.1) is 18.7 Å². The van der Waals surface area contributed by atoms with Crippen molar-refractivity contribution in [2.45, 2.75) is 25.1 Å². The lowest BCUT2D eigenvalue weighted by atomic mass is 10.1. The van der Waals surface area contributed by atoms with E-state index in [1.165, 1.54) is 6.07 Å². The number of ether oxygens (including phenoxy) is 1. The molecule has 0 radical (unpaired) electrons. The Balaban J connectivity index is 1.52. The highest BCUT2D eigenvalue weighted by molar-refractivity contribution is 5.80. The first kappa shape index (κ1) is 19.0. The Morgan fingerprint density at radius 1 is 1.22 bits per heavy atom. The molecular formula is C19H20F3N3O2. The van der Waals surface area contributed by atoms with Gasteiger partial charge in [0.1, 0.15) is 11.6 Å². The highest BCUT2D eigenvalue weighted by Crippen LogP contribution is 2.29. The monoisotopic (exact) mass is 379 g/mol. The summed E-state index contributed by atoms with van der Waals surface area (Å²) in [5, 5.41) is 3.04. The maximum Gasteiger partial charge on any atom is 0.417 e. The van der Waals surface area contributed by atoms with Gasteiger partial charge in [0.15, 0.2) is 0 Å². The molecule has 2 heterocycles. The van der Waals surface area contributed by atoms with Crippen molar-refractivity contribution < 1.29 is 22.7 Å². The van der Waals surface area contributed by atoms with E-state index in [0.29, 0.717) is 25.3 Å². The van der Waals surface area contributed by atoms with Crippen LogP contribution in [0.2, 0.25) is 0 Å². The normalized spacial score (nSPS) is 17.3. The summed E-state index contributed by atoms with van der Waals surface area (Å²) in [5.74, 6) is 1.13. The van der Waals surface area contributed by atoms with Crippen LogP contribution in [0.25, 0.3) is 0 Å². The highest BCUT2D eigenvalue weighted by atomic mass is 19.4. The molecule has 1 N–H and O–H groups in total. The van der Waals surface area contributed by atoms with Crippen molar-refractivity contribution in [1.82, 2.24) is 9.88 Å². The number of anilines is 1. The molecule has 0 bridgehead atoms. The number of amides is 1. The summed E-state index contributed by atoms with van der Waals surface area (Å²) in [4.78, 5) is 17.7. The number of hydrogen-bond acceptors (Lipinski definition) is 4. The van der Waals surface area contributed by atoms with Crippen molar-refractivity contribution in [3.05, 3.63) is 53.7 Å². The van der Waals surface area contributed by atoms with E-state index in [-0.39, 0.29) is 11.9 Å². The SMILES string of the molecule is COc1ccc(CCN2CC(Nc3ccc(C(F)(F)F)cn3)CC2=O)cc1. The molecule has 1 aromatic heterocycles. The predicted octanol–water partition coefficient (Wildman–Crippen LogP) is 3.36. The number of benzene rings is 1. The molecule has 0 spiro atoms. The molecule has 2 aromatic rings. The van der Waals surface area contributed by atoms with Gasteiger partial charge in [-0.25, -0.2) is 4.98 Å². The molecule has 1 fully saturated rings. The Morgan fingerprint density at radius 2 is 1.96 bits per heavy atom. The number of nitrogens with one attached hydrogen (secondary N) is 1. The molecule has 1 aliphatic rings. The Kier molecular flexibility index (Phi) is 5.53. The van der Waals surface area contributed by atoms with Crippen LogP contribution < -0.4 is 10.1 Å². The first-order chi connectivity index (χ1) is 12.8. The Bertz CT molecular complexity index is 776. The average molecular weight is 379 g/mol. The number of hydrogen-bond donors (Lipinski definition) is 1.